The van der Waals surface area contributed by atoms with Crippen LogP contribution in [0.4, 0.5) is 5.69 Å². The standard InChI is InChI=1S/C29H31N2O/c1-6-31-24-14-10-8-12-21(24)22-18-20(27(32-7-2)19-26(22)31)16-17-28-29(3,4)23-13-9-11-15-25(23)30(28)5/h8-19H,6-7H2,1-5H3/q+1. The molecule has 0 saturated carbocycles. The van der Waals surface area contributed by atoms with Crippen LogP contribution < -0.4 is 4.74 Å². The molecule has 3 heteroatoms. The Morgan fingerprint density at radius 1 is 0.906 bits per heavy atom. The average molecular weight is 424 g/mol. The van der Waals surface area contributed by atoms with E-state index in [1.165, 1.54) is 38.8 Å². The topological polar surface area (TPSA) is 17.2 Å². The van der Waals surface area contributed by atoms with Gasteiger partial charge in [-0.05, 0) is 45.9 Å². The number of fused-ring (bicyclic) bond motifs is 4. The number of hydrogen-bond donors (Lipinski definition) is 0. The molecule has 0 bridgehead atoms. The van der Waals surface area contributed by atoms with Crippen molar-refractivity contribution in [3.05, 3.63) is 77.9 Å². The van der Waals surface area contributed by atoms with Gasteiger partial charge in [-0.15, -0.1) is 0 Å². The molecule has 1 aliphatic heterocycles. The number of rotatable bonds is 5. The first-order chi connectivity index (χ1) is 15.5. The molecule has 0 fully saturated rings. The van der Waals surface area contributed by atoms with Crippen LogP contribution in [0.1, 0.15) is 38.8 Å². The van der Waals surface area contributed by atoms with Crippen molar-refractivity contribution >= 4 is 39.3 Å². The lowest BCUT2D eigenvalue weighted by atomic mass is 9.81. The molecule has 32 heavy (non-hydrogen) atoms. The van der Waals surface area contributed by atoms with Crippen molar-refractivity contribution in [1.29, 1.82) is 0 Å². The normalized spacial score (nSPS) is 15.3. The molecule has 0 N–H and O–H groups in total. The van der Waals surface area contributed by atoms with Gasteiger partial charge in [0, 0.05) is 52.2 Å². The fraction of sp³-hybridized carbons (Fsp3) is 0.276. The van der Waals surface area contributed by atoms with Crippen molar-refractivity contribution in [2.24, 2.45) is 0 Å². The Morgan fingerprint density at radius 3 is 2.41 bits per heavy atom. The number of para-hydroxylation sites is 2. The molecule has 1 aliphatic rings. The number of allylic oxidation sites excluding steroid dienone is 1. The van der Waals surface area contributed by atoms with E-state index in [4.69, 9.17) is 4.74 Å². The van der Waals surface area contributed by atoms with Gasteiger partial charge in [0.1, 0.15) is 12.8 Å². The van der Waals surface area contributed by atoms with E-state index in [0.717, 1.165) is 17.9 Å². The average Bonchev–Trinajstić information content (AvgIpc) is 3.21. The SMILES string of the molecule is CCOc1cc2c(cc1/C=C/C1=[N+](C)c3ccccc3C1(C)C)c1ccccc1n2CC. The summed E-state index contributed by atoms with van der Waals surface area (Å²) in [6.07, 6.45) is 4.49. The molecule has 1 aromatic heterocycles. The summed E-state index contributed by atoms with van der Waals surface area (Å²) in [5, 5.41) is 2.57. The van der Waals surface area contributed by atoms with Crippen molar-refractivity contribution in [1.82, 2.24) is 4.57 Å². The van der Waals surface area contributed by atoms with Crippen molar-refractivity contribution < 1.29 is 9.31 Å². The lowest BCUT2D eigenvalue weighted by Gasteiger charge is -2.15. The number of ether oxygens (including phenoxy) is 1. The number of benzene rings is 3. The molecule has 0 aliphatic carbocycles. The number of aromatic nitrogens is 1. The summed E-state index contributed by atoms with van der Waals surface area (Å²) in [5.74, 6) is 0.935. The Labute approximate surface area is 190 Å². The van der Waals surface area contributed by atoms with Crippen molar-refractivity contribution in [2.75, 3.05) is 13.7 Å². The summed E-state index contributed by atoms with van der Waals surface area (Å²) in [6, 6.07) is 21.9. The van der Waals surface area contributed by atoms with Crippen LogP contribution in [0.2, 0.25) is 0 Å². The third-order valence-corrected chi connectivity index (χ3v) is 6.88. The summed E-state index contributed by atoms with van der Waals surface area (Å²) >= 11 is 0. The highest BCUT2D eigenvalue weighted by Crippen LogP contribution is 2.40. The van der Waals surface area contributed by atoms with Crippen LogP contribution >= 0.6 is 0 Å². The first-order valence-electron chi connectivity index (χ1n) is 11.5. The van der Waals surface area contributed by atoms with Gasteiger partial charge in [0.05, 0.1) is 17.5 Å². The third-order valence-electron chi connectivity index (χ3n) is 6.88. The van der Waals surface area contributed by atoms with E-state index in [1.807, 2.05) is 6.92 Å². The van der Waals surface area contributed by atoms with Gasteiger partial charge in [0.2, 0.25) is 5.69 Å². The Morgan fingerprint density at radius 2 is 1.66 bits per heavy atom. The summed E-state index contributed by atoms with van der Waals surface area (Å²) in [6.45, 7) is 10.4. The van der Waals surface area contributed by atoms with Crippen molar-refractivity contribution in [3.8, 4) is 5.75 Å². The van der Waals surface area contributed by atoms with Gasteiger partial charge < -0.3 is 9.30 Å². The van der Waals surface area contributed by atoms with Gasteiger partial charge in [0.25, 0.3) is 0 Å². The molecule has 0 radical (unpaired) electrons. The van der Waals surface area contributed by atoms with Gasteiger partial charge in [-0.25, -0.2) is 0 Å². The molecule has 0 atom stereocenters. The quantitative estimate of drug-likeness (QED) is 0.318. The van der Waals surface area contributed by atoms with Gasteiger partial charge in [-0.2, -0.15) is 4.58 Å². The molecular weight excluding hydrogens is 392 g/mol. The van der Waals surface area contributed by atoms with E-state index in [-0.39, 0.29) is 5.41 Å². The van der Waals surface area contributed by atoms with E-state index in [9.17, 15) is 0 Å². The molecule has 0 saturated heterocycles. The van der Waals surface area contributed by atoms with Crippen LogP contribution in [-0.4, -0.2) is 28.5 Å². The van der Waals surface area contributed by atoms with Gasteiger partial charge in [-0.1, -0.05) is 36.4 Å². The minimum Gasteiger partial charge on any atom is -0.493 e. The lowest BCUT2D eigenvalue weighted by molar-refractivity contribution is -0.401. The molecule has 0 unspecified atom stereocenters. The van der Waals surface area contributed by atoms with E-state index < -0.39 is 0 Å². The van der Waals surface area contributed by atoms with Gasteiger partial charge in [-0.3, -0.25) is 0 Å². The molecular formula is C29H31N2O+. The monoisotopic (exact) mass is 423 g/mol. The van der Waals surface area contributed by atoms with Crippen LogP contribution in [-0.2, 0) is 12.0 Å². The highest BCUT2D eigenvalue weighted by atomic mass is 16.5. The Hall–Kier alpha value is -3.33. The van der Waals surface area contributed by atoms with E-state index in [2.05, 4.69) is 110 Å². The molecule has 2 heterocycles. The predicted molar refractivity (Wildman–Crippen MR) is 136 cm³/mol. The Kier molecular flexibility index (Phi) is 4.93. The third kappa shape index (κ3) is 2.99. The summed E-state index contributed by atoms with van der Waals surface area (Å²) in [7, 11) is 2.16. The second-order valence-corrected chi connectivity index (χ2v) is 9.02. The van der Waals surface area contributed by atoms with Crippen LogP contribution in [0.15, 0.2) is 66.7 Å². The maximum Gasteiger partial charge on any atom is 0.209 e. The summed E-state index contributed by atoms with van der Waals surface area (Å²) in [4.78, 5) is 0. The molecule has 5 rings (SSSR count). The van der Waals surface area contributed by atoms with Crippen LogP contribution in [0, 0.1) is 0 Å². The fourth-order valence-electron chi connectivity index (χ4n) is 5.31. The zero-order valence-electron chi connectivity index (χ0n) is 19.6. The van der Waals surface area contributed by atoms with Crippen LogP contribution in [0.3, 0.4) is 0 Å². The Balaban J connectivity index is 1.68. The number of nitrogens with zero attached hydrogens (tertiary/aromatic N) is 2. The summed E-state index contributed by atoms with van der Waals surface area (Å²) < 4.78 is 10.8. The second-order valence-electron chi connectivity index (χ2n) is 9.02. The van der Waals surface area contributed by atoms with Crippen molar-refractivity contribution in [3.63, 3.8) is 0 Å². The van der Waals surface area contributed by atoms with Crippen LogP contribution in [0.25, 0.3) is 27.9 Å². The molecule has 162 valence electrons. The zero-order valence-corrected chi connectivity index (χ0v) is 19.6. The molecule has 4 aromatic rings. The van der Waals surface area contributed by atoms with Crippen molar-refractivity contribution in [2.45, 2.75) is 39.7 Å². The van der Waals surface area contributed by atoms with Gasteiger partial charge in [0.15, 0.2) is 5.71 Å². The minimum atomic E-state index is -0.0457. The zero-order chi connectivity index (χ0) is 22.5. The lowest BCUT2D eigenvalue weighted by Crippen LogP contribution is -2.26. The molecule has 0 amide bonds. The fourth-order valence-corrected chi connectivity index (χ4v) is 5.31. The van der Waals surface area contributed by atoms with Gasteiger partial charge >= 0.3 is 0 Å². The highest BCUT2D eigenvalue weighted by molar-refractivity contribution is 6.10. The maximum absolute atomic E-state index is 6.11. The maximum atomic E-state index is 6.11. The van der Waals surface area contributed by atoms with E-state index >= 15 is 0 Å². The second kappa shape index (κ2) is 7.67. The predicted octanol–water partition coefficient (Wildman–Crippen LogP) is 6.93. The number of hydrogen-bond acceptors (Lipinski definition) is 1. The number of aryl methyl sites for hydroxylation is 1. The molecule has 0 spiro atoms. The first kappa shape index (κ1) is 20.6. The first-order valence-corrected chi connectivity index (χ1v) is 11.5. The Bertz CT molecular complexity index is 1400. The molecule has 3 aromatic carbocycles. The summed E-state index contributed by atoms with van der Waals surface area (Å²) in [5.41, 5.74) is 7.51. The molecule has 3 nitrogen and oxygen atoms in total. The van der Waals surface area contributed by atoms with E-state index in [0.29, 0.717) is 6.61 Å². The smallest absolute Gasteiger partial charge is 0.209 e. The minimum absolute atomic E-state index is 0.0457. The van der Waals surface area contributed by atoms with E-state index in [1.54, 1.807) is 0 Å². The van der Waals surface area contributed by atoms with Crippen LogP contribution in [0.5, 0.6) is 5.75 Å². The highest BCUT2D eigenvalue weighted by Gasteiger charge is 2.42. The largest absolute Gasteiger partial charge is 0.493 e.